The third kappa shape index (κ3) is 4.72. The number of piperidine rings is 1. The Morgan fingerprint density at radius 2 is 2.14 bits per heavy atom. The molecule has 1 saturated heterocycles. The number of benzene rings is 1. The summed E-state index contributed by atoms with van der Waals surface area (Å²) in [6.07, 6.45) is 2.12. The number of methoxy groups -OCH3 is 1. The van der Waals surface area contributed by atoms with Crippen LogP contribution in [0.4, 0.5) is 0 Å². The molecule has 0 spiro atoms. The summed E-state index contributed by atoms with van der Waals surface area (Å²) >= 11 is 0. The highest BCUT2D eigenvalue weighted by Crippen LogP contribution is 2.19. The molecule has 5 nitrogen and oxygen atoms in total. The number of amides is 1. The number of nitrogens with two attached hydrogens (primary N) is 1. The summed E-state index contributed by atoms with van der Waals surface area (Å²) in [6.45, 7) is 5.17. The van der Waals surface area contributed by atoms with E-state index in [0.717, 1.165) is 43.8 Å². The van der Waals surface area contributed by atoms with Crippen LogP contribution in [0.25, 0.3) is 0 Å². The molecule has 0 atom stereocenters. The third-order valence-corrected chi connectivity index (χ3v) is 4.02. The lowest BCUT2D eigenvalue weighted by Crippen LogP contribution is -2.45. The van der Waals surface area contributed by atoms with E-state index in [9.17, 15) is 4.79 Å². The summed E-state index contributed by atoms with van der Waals surface area (Å²) in [5.41, 5.74) is 7.66. The molecule has 21 heavy (non-hydrogen) atoms. The Bertz CT molecular complexity index is 482. The second-order valence-electron chi connectivity index (χ2n) is 5.70. The van der Waals surface area contributed by atoms with Gasteiger partial charge in [-0.3, -0.25) is 9.69 Å². The van der Waals surface area contributed by atoms with Crippen molar-refractivity contribution < 1.29 is 9.53 Å². The van der Waals surface area contributed by atoms with Gasteiger partial charge in [-0.05, 0) is 37.0 Å². The first-order valence-electron chi connectivity index (χ1n) is 7.46. The number of likely N-dealkylation sites (tertiary alicyclic amines) is 1. The fourth-order valence-electron chi connectivity index (χ4n) is 2.83. The number of aryl methyl sites for hydroxylation is 1. The molecule has 0 aliphatic carbocycles. The van der Waals surface area contributed by atoms with Crippen molar-refractivity contribution in [1.82, 2.24) is 10.2 Å². The standard InChI is InChI=1S/C16H25N3O2/c1-12-9-13(3-4-15(12)21-2)10-18-14-5-7-19(8-6-14)11-16(17)20/h3-4,9,14,18H,5-8,10-11H2,1-2H3,(H2,17,20). The highest BCUT2D eigenvalue weighted by atomic mass is 16.5. The molecule has 0 bridgehead atoms. The smallest absolute Gasteiger partial charge is 0.231 e. The zero-order valence-corrected chi connectivity index (χ0v) is 12.9. The first-order valence-corrected chi connectivity index (χ1v) is 7.46. The normalized spacial score (nSPS) is 16.9. The molecule has 5 heteroatoms. The van der Waals surface area contributed by atoms with Gasteiger partial charge in [0.05, 0.1) is 13.7 Å². The lowest BCUT2D eigenvalue weighted by Gasteiger charge is -2.31. The molecular formula is C16H25N3O2. The Labute approximate surface area is 126 Å². The van der Waals surface area contributed by atoms with Gasteiger partial charge in [0.25, 0.3) is 0 Å². The molecule has 2 rings (SSSR count). The third-order valence-electron chi connectivity index (χ3n) is 4.02. The van der Waals surface area contributed by atoms with Crippen molar-refractivity contribution in [2.75, 3.05) is 26.7 Å². The number of nitrogens with one attached hydrogen (secondary N) is 1. The molecule has 1 heterocycles. The van der Waals surface area contributed by atoms with Gasteiger partial charge >= 0.3 is 0 Å². The molecule has 0 unspecified atom stereocenters. The van der Waals surface area contributed by atoms with Gasteiger partial charge in [-0.15, -0.1) is 0 Å². The fraction of sp³-hybridized carbons (Fsp3) is 0.562. The highest BCUT2D eigenvalue weighted by Gasteiger charge is 2.19. The molecule has 1 aliphatic heterocycles. The van der Waals surface area contributed by atoms with Crippen LogP contribution in [-0.4, -0.2) is 43.6 Å². The van der Waals surface area contributed by atoms with Crippen LogP contribution in [0.2, 0.25) is 0 Å². The maximum atomic E-state index is 10.9. The van der Waals surface area contributed by atoms with E-state index < -0.39 is 0 Å². The number of hydrogen-bond donors (Lipinski definition) is 2. The molecular weight excluding hydrogens is 266 g/mol. The van der Waals surface area contributed by atoms with Gasteiger partial charge in [0.15, 0.2) is 0 Å². The largest absolute Gasteiger partial charge is 0.496 e. The van der Waals surface area contributed by atoms with Crippen molar-refractivity contribution in [1.29, 1.82) is 0 Å². The summed E-state index contributed by atoms with van der Waals surface area (Å²) in [5.74, 6) is 0.689. The van der Waals surface area contributed by atoms with Crippen molar-refractivity contribution in [3.63, 3.8) is 0 Å². The monoisotopic (exact) mass is 291 g/mol. The molecule has 0 saturated carbocycles. The molecule has 3 N–H and O–H groups in total. The maximum Gasteiger partial charge on any atom is 0.231 e. The minimum Gasteiger partial charge on any atom is -0.496 e. The SMILES string of the molecule is COc1ccc(CNC2CCN(CC(N)=O)CC2)cc1C. The lowest BCUT2D eigenvalue weighted by atomic mass is 10.0. The first-order chi connectivity index (χ1) is 10.1. The van der Waals surface area contributed by atoms with Crippen molar-refractivity contribution in [2.45, 2.75) is 32.4 Å². The number of carbonyl (C=O) groups is 1. The number of hydrogen-bond acceptors (Lipinski definition) is 4. The van der Waals surface area contributed by atoms with Gasteiger partial charge in [0, 0.05) is 25.7 Å². The van der Waals surface area contributed by atoms with Crippen molar-refractivity contribution in [3.05, 3.63) is 29.3 Å². The number of rotatable bonds is 6. The van der Waals surface area contributed by atoms with Gasteiger partial charge < -0.3 is 15.8 Å². The predicted octanol–water partition coefficient (Wildman–Crippen LogP) is 1.04. The van der Waals surface area contributed by atoms with Crippen LogP contribution in [0.1, 0.15) is 24.0 Å². The lowest BCUT2D eigenvalue weighted by molar-refractivity contribution is -0.119. The summed E-state index contributed by atoms with van der Waals surface area (Å²) in [6, 6.07) is 6.79. The van der Waals surface area contributed by atoms with Gasteiger partial charge in [0.1, 0.15) is 5.75 Å². The van der Waals surface area contributed by atoms with Gasteiger partial charge in [-0.2, -0.15) is 0 Å². The molecule has 0 aromatic heterocycles. The van der Waals surface area contributed by atoms with E-state index in [2.05, 4.69) is 29.3 Å². The number of nitrogens with zero attached hydrogens (tertiary/aromatic N) is 1. The predicted molar refractivity (Wildman–Crippen MR) is 83.2 cm³/mol. The molecule has 0 radical (unpaired) electrons. The summed E-state index contributed by atoms with van der Waals surface area (Å²) in [7, 11) is 1.69. The van der Waals surface area contributed by atoms with E-state index in [1.165, 1.54) is 5.56 Å². The van der Waals surface area contributed by atoms with E-state index in [0.29, 0.717) is 12.6 Å². The molecule has 1 aliphatic rings. The maximum absolute atomic E-state index is 10.9. The van der Waals surface area contributed by atoms with Crippen LogP contribution in [0, 0.1) is 6.92 Å². The van der Waals surface area contributed by atoms with Crippen LogP contribution in [0.5, 0.6) is 5.75 Å². The Morgan fingerprint density at radius 1 is 1.43 bits per heavy atom. The van der Waals surface area contributed by atoms with Gasteiger partial charge in [-0.1, -0.05) is 12.1 Å². The van der Waals surface area contributed by atoms with Crippen molar-refractivity contribution >= 4 is 5.91 Å². The Balaban J connectivity index is 1.77. The van der Waals surface area contributed by atoms with E-state index in [1.807, 2.05) is 6.07 Å². The van der Waals surface area contributed by atoms with Crippen LogP contribution in [0.3, 0.4) is 0 Å². The minimum atomic E-state index is -0.241. The van der Waals surface area contributed by atoms with E-state index in [4.69, 9.17) is 10.5 Å². The second kappa shape index (κ2) is 7.43. The summed E-state index contributed by atoms with van der Waals surface area (Å²) < 4.78 is 5.27. The Kier molecular flexibility index (Phi) is 5.59. The average Bonchev–Trinajstić information content (AvgIpc) is 2.46. The highest BCUT2D eigenvalue weighted by molar-refractivity contribution is 5.75. The second-order valence-corrected chi connectivity index (χ2v) is 5.70. The quantitative estimate of drug-likeness (QED) is 0.822. The molecule has 1 aromatic carbocycles. The Hall–Kier alpha value is -1.59. The number of ether oxygens (including phenoxy) is 1. The van der Waals surface area contributed by atoms with Crippen LogP contribution in [-0.2, 0) is 11.3 Å². The molecule has 116 valence electrons. The number of carbonyl (C=O) groups excluding carboxylic acids is 1. The van der Waals surface area contributed by atoms with Crippen molar-refractivity contribution in [3.8, 4) is 5.75 Å². The first kappa shape index (κ1) is 15.8. The fourth-order valence-corrected chi connectivity index (χ4v) is 2.83. The minimum absolute atomic E-state index is 0.241. The number of primary amides is 1. The molecule has 1 fully saturated rings. The van der Waals surface area contributed by atoms with E-state index in [-0.39, 0.29) is 5.91 Å². The topological polar surface area (TPSA) is 67.6 Å². The molecule has 1 amide bonds. The van der Waals surface area contributed by atoms with Crippen LogP contribution in [0.15, 0.2) is 18.2 Å². The van der Waals surface area contributed by atoms with E-state index >= 15 is 0 Å². The van der Waals surface area contributed by atoms with Crippen molar-refractivity contribution in [2.24, 2.45) is 5.73 Å². The average molecular weight is 291 g/mol. The summed E-state index contributed by atoms with van der Waals surface area (Å²) in [5, 5.41) is 3.59. The zero-order chi connectivity index (χ0) is 15.2. The van der Waals surface area contributed by atoms with Crippen LogP contribution < -0.4 is 15.8 Å². The van der Waals surface area contributed by atoms with Gasteiger partial charge in [-0.25, -0.2) is 0 Å². The molecule has 1 aromatic rings. The summed E-state index contributed by atoms with van der Waals surface area (Å²) in [4.78, 5) is 13.0. The van der Waals surface area contributed by atoms with Crippen LogP contribution >= 0.6 is 0 Å². The van der Waals surface area contributed by atoms with E-state index in [1.54, 1.807) is 7.11 Å². The Morgan fingerprint density at radius 3 is 2.71 bits per heavy atom. The zero-order valence-electron chi connectivity index (χ0n) is 12.9. The van der Waals surface area contributed by atoms with Gasteiger partial charge in [0.2, 0.25) is 5.91 Å².